The second-order valence-corrected chi connectivity index (χ2v) is 5.88. The van der Waals surface area contributed by atoms with Gasteiger partial charge in [0.05, 0.1) is 12.2 Å². The summed E-state index contributed by atoms with van der Waals surface area (Å²) < 4.78 is 0. The topological polar surface area (TPSA) is 40.5 Å². The molecule has 2 nitrogen and oxygen atoms in total. The quantitative estimate of drug-likeness (QED) is 0.702. The summed E-state index contributed by atoms with van der Waals surface area (Å²) in [5.74, 6) is 0. The first-order chi connectivity index (χ1) is 7.29. The number of hydrogen-bond donors (Lipinski definition) is 2. The fraction of sp³-hybridized carbons (Fsp3) is 0.571. The highest BCUT2D eigenvalue weighted by molar-refractivity contribution is 5.44. The molecule has 1 aliphatic rings. The van der Waals surface area contributed by atoms with Gasteiger partial charge < -0.3 is 10.2 Å². The van der Waals surface area contributed by atoms with Crippen molar-refractivity contribution >= 4 is 0 Å². The predicted octanol–water partition coefficient (Wildman–Crippen LogP) is 1.98. The molecular weight excluding hydrogens is 200 g/mol. The van der Waals surface area contributed by atoms with Crippen LogP contribution in [0.4, 0.5) is 0 Å². The minimum Gasteiger partial charge on any atom is -0.389 e. The lowest BCUT2D eigenvalue weighted by Gasteiger charge is -2.48. The number of benzene rings is 1. The average Bonchev–Trinajstić information content (AvgIpc) is 2.25. The Balaban J connectivity index is 2.70. The molecular formula is C14H20O2. The van der Waals surface area contributed by atoms with Gasteiger partial charge in [0.1, 0.15) is 0 Å². The van der Waals surface area contributed by atoms with Crippen LogP contribution in [-0.2, 0) is 10.8 Å². The average molecular weight is 220 g/mol. The van der Waals surface area contributed by atoms with Crippen LogP contribution >= 0.6 is 0 Å². The largest absolute Gasteiger partial charge is 0.389 e. The zero-order valence-electron chi connectivity index (χ0n) is 10.4. The number of rotatable bonds is 0. The van der Waals surface area contributed by atoms with Crippen LogP contribution in [0.25, 0.3) is 0 Å². The van der Waals surface area contributed by atoms with Gasteiger partial charge in [0.15, 0.2) is 0 Å². The van der Waals surface area contributed by atoms with Crippen LogP contribution in [0.5, 0.6) is 0 Å². The third kappa shape index (κ3) is 1.33. The van der Waals surface area contributed by atoms with Crippen molar-refractivity contribution in [3.8, 4) is 0 Å². The molecule has 2 rings (SSSR count). The van der Waals surface area contributed by atoms with Gasteiger partial charge >= 0.3 is 0 Å². The highest BCUT2D eigenvalue weighted by Crippen LogP contribution is 2.45. The molecule has 0 aliphatic heterocycles. The van der Waals surface area contributed by atoms with Gasteiger partial charge in [0.25, 0.3) is 0 Å². The maximum absolute atomic E-state index is 10.2. The van der Waals surface area contributed by atoms with Crippen molar-refractivity contribution in [3.05, 3.63) is 35.4 Å². The smallest absolute Gasteiger partial charge is 0.0898 e. The zero-order chi connectivity index (χ0) is 12.1. The van der Waals surface area contributed by atoms with Crippen molar-refractivity contribution in [2.45, 2.75) is 50.7 Å². The Morgan fingerprint density at radius 2 is 1.12 bits per heavy atom. The van der Waals surface area contributed by atoms with Crippen molar-refractivity contribution in [2.24, 2.45) is 0 Å². The first kappa shape index (κ1) is 11.6. The maximum atomic E-state index is 10.2. The molecule has 1 aliphatic carbocycles. The molecule has 16 heavy (non-hydrogen) atoms. The molecule has 0 aromatic heterocycles. The van der Waals surface area contributed by atoms with Gasteiger partial charge in [0.2, 0.25) is 0 Å². The molecule has 88 valence electrons. The molecule has 2 N–H and O–H groups in total. The van der Waals surface area contributed by atoms with Crippen molar-refractivity contribution in [2.75, 3.05) is 0 Å². The lowest BCUT2D eigenvalue weighted by Crippen LogP contribution is -2.56. The normalized spacial score (nSPS) is 30.9. The SMILES string of the molecule is CC1(C)c2ccccc2C(C)(C)[C@H](O)[C@H]1O. The molecule has 2 heteroatoms. The molecule has 0 saturated heterocycles. The van der Waals surface area contributed by atoms with E-state index in [0.717, 1.165) is 11.1 Å². The van der Waals surface area contributed by atoms with E-state index in [1.54, 1.807) is 0 Å². The first-order valence-electron chi connectivity index (χ1n) is 5.75. The number of aliphatic hydroxyl groups is 2. The zero-order valence-corrected chi connectivity index (χ0v) is 10.4. The minimum absolute atomic E-state index is 0.397. The Hall–Kier alpha value is -0.860. The van der Waals surface area contributed by atoms with Crippen molar-refractivity contribution in [3.63, 3.8) is 0 Å². The van der Waals surface area contributed by atoms with E-state index < -0.39 is 23.0 Å². The standard InChI is InChI=1S/C14H20O2/c1-13(2)9-7-5-6-8-10(9)14(3,4)12(16)11(13)15/h5-8,11-12,15-16H,1-4H3/t11-,12-/m1/s1. The van der Waals surface area contributed by atoms with E-state index in [2.05, 4.69) is 0 Å². The summed E-state index contributed by atoms with van der Waals surface area (Å²) in [6.45, 7) is 7.92. The monoisotopic (exact) mass is 220 g/mol. The second-order valence-electron chi connectivity index (χ2n) is 5.88. The van der Waals surface area contributed by atoms with E-state index in [9.17, 15) is 10.2 Å². The Labute approximate surface area is 96.9 Å². The van der Waals surface area contributed by atoms with Gasteiger partial charge in [-0.1, -0.05) is 52.0 Å². The Kier molecular flexibility index (Phi) is 2.41. The van der Waals surface area contributed by atoms with Crippen LogP contribution in [0.2, 0.25) is 0 Å². The van der Waals surface area contributed by atoms with Gasteiger partial charge in [-0.05, 0) is 11.1 Å². The summed E-state index contributed by atoms with van der Waals surface area (Å²) in [4.78, 5) is 0. The minimum atomic E-state index is -0.725. The van der Waals surface area contributed by atoms with Gasteiger partial charge in [-0.3, -0.25) is 0 Å². The van der Waals surface area contributed by atoms with E-state index in [-0.39, 0.29) is 0 Å². The molecule has 0 spiro atoms. The highest BCUT2D eigenvalue weighted by Gasteiger charge is 2.49. The Bertz CT molecular complexity index is 368. The van der Waals surface area contributed by atoms with E-state index in [0.29, 0.717) is 0 Å². The number of fused-ring (bicyclic) bond motifs is 1. The first-order valence-corrected chi connectivity index (χ1v) is 5.75. The molecule has 0 amide bonds. The molecule has 0 radical (unpaired) electrons. The number of hydrogen-bond acceptors (Lipinski definition) is 2. The third-order valence-corrected chi connectivity index (χ3v) is 4.09. The number of aliphatic hydroxyl groups excluding tert-OH is 2. The fourth-order valence-corrected chi connectivity index (χ4v) is 2.71. The molecule has 0 bridgehead atoms. The summed E-state index contributed by atoms with van der Waals surface area (Å²) in [5, 5.41) is 20.5. The molecule has 1 aromatic carbocycles. The van der Waals surface area contributed by atoms with E-state index in [1.807, 2.05) is 52.0 Å². The van der Waals surface area contributed by atoms with Crippen LogP contribution in [0.1, 0.15) is 38.8 Å². The summed E-state index contributed by atoms with van der Waals surface area (Å²) >= 11 is 0. The maximum Gasteiger partial charge on any atom is 0.0898 e. The molecule has 0 fully saturated rings. The Morgan fingerprint density at radius 3 is 1.44 bits per heavy atom. The van der Waals surface area contributed by atoms with Gasteiger partial charge in [0, 0.05) is 10.8 Å². The lowest BCUT2D eigenvalue weighted by atomic mass is 9.60. The summed E-state index contributed by atoms with van der Waals surface area (Å²) in [6, 6.07) is 8.07. The fourth-order valence-electron chi connectivity index (χ4n) is 2.71. The molecule has 1 aromatic rings. The highest BCUT2D eigenvalue weighted by atomic mass is 16.3. The molecule has 0 saturated carbocycles. The van der Waals surface area contributed by atoms with Crippen LogP contribution in [0.3, 0.4) is 0 Å². The van der Waals surface area contributed by atoms with Crippen LogP contribution in [-0.4, -0.2) is 22.4 Å². The predicted molar refractivity (Wildman–Crippen MR) is 64.5 cm³/mol. The van der Waals surface area contributed by atoms with Crippen molar-refractivity contribution in [1.29, 1.82) is 0 Å². The Morgan fingerprint density at radius 1 is 0.812 bits per heavy atom. The third-order valence-electron chi connectivity index (χ3n) is 4.09. The van der Waals surface area contributed by atoms with Gasteiger partial charge in [-0.15, -0.1) is 0 Å². The molecule has 0 unspecified atom stereocenters. The van der Waals surface area contributed by atoms with E-state index in [4.69, 9.17) is 0 Å². The van der Waals surface area contributed by atoms with Crippen LogP contribution in [0, 0.1) is 0 Å². The van der Waals surface area contributed by atoms with Crippen LogP contribution < -0.4 is 0 Å². The van der Waals surface area contributed by atoms with Crippen LogP contribution in [0.15, 0.2) is 24.3 Å². The second kappa shape index (κ2) is 3.31. The molecule has 2 atom stereocenters. The van der Waals surface area contributed by atoms with Crippen molar-refractivity contribution in [1.82, 2.24) is 0 Å². The summed E-state index contributed by atoms with van der Waals surface area (Å²) in [5.41, 5.74) is 1.48. The van der Waals surface area contributed by atoms with E-state index in [1.165, 1.54) is 0 Å². The van der Waals surface area contributed by atoms with Gasteiger partial charge in [-0.25, -0.2) is 0 Å². The summed E-state index contributed by atoms with van der Waals surface area (Å²) in [7, 11) is 0. The van der Waals surface area contributed by atoms with Gasteiger partial charge in [-0.2, -0.15) is 0 Å². The van der Waals surface area contributed by atoms with E-state index >= 15 is 0 Å². The summed E-state index contributed by atoms with van der Waals surface area (Å²) in [6.07, 6.45) is -1.45. The van der Waals surface area contributed by atoms with Crippen molar-refractivity contribution < 1.29 is 10.2 Å². The lowest BCUT2D eigenvalue weighted by molar-refractivity contribution is -0.0673. The molecule has 0 heterocycles.